The Hall–Kier alpha value is -10.6. The first kappa shape index (κ1) is 69.5. The van der Waals surface area contributed by atoms with Gasteiger partial charge in [-0.15, -0.1) is 34.9 Å². The Bertz CT molecular complexity index is 3810. The van der Waals surface area contributed by atoms with Gasteiger partial charge in [-0.25, -0.2) is 0 Å². The van der Waals surface area contributed by atoms with E-state index in [1.165, 1.54) is 0 Å². The first-order valence-electron chi connectivity index (χ1n) is 24.8. The van der Waals surface area contributed by atoms with Crippen LogP contribution in [0.3, 0.4) is 0 Å². The van der Waals surface area contributed by atoms with Gasteiger partial charge in [-0.05, 0) is 206 Å². The third-order valence-electron chi connectivity index (χ3n) is 9.76. The molecule has 2 N–H and O–H groups in total. The zero-order valence-electron chi connectivity index (χ0n) is 47.0. The molecule has 12 heteroatoms. The van der Waals surface area contributed by atoms with E-state index in [9.17, 15) is 0 Å². The van der Waals surface area contributed by atoms with Crippen LogP contribution in [-0.2, 0) is 50.4 Å². The largest absolute Gasteiger partial charge is 2.00 e. The molecule has 0 spiro atoms. The smallest absolute Gasteiger partial charge is 0.496 e. The van der Waals surface area contributed by atoms with Crippen molar-refractivity contribution in [3.05, 3.63) is 193 Å². The van der Waals surface area contributed by atoms with Gasteiger partial charge in [-0.1, -0.05) is 98.0 Å². The van der Waals surface area contributed by atoms with Gasteiger partial charge in [0, 0.05) is 81.7 Å². The van der Waals surface area contributed by atoms with Crippen molar-refractivity contribution in [2.75, 3.05) is 0 Å². The molecule has 4 aromatic carbocycles. The van der Waals surface area contributed by atoms with Crippen LogP contribution in [0.4, 0.5) is 0 Å². The summed E-state index contributed by atoms with van der Waals surface area (Å²) < 4.78 is 12.4. The fourth-order valence-corrected chi connectivity index (χ4v) is 6.41. The number of hydrogen-bond donors (Lipinski definition) is 2. The Kier molecular flexibility index (Phi) is 33.5. The number of hydrogen-bond acceptors (Lipinski definition) is 8. The SMILES string of the molecule is CC#CC#CC#CC#CC#CC#CC#CC#CC#CC.CC(=O)O.CC(=O)O.Cc1cc(Oc2[c-]c(-c3ccccn3)ccc2C)[c-]c(-c2ccccn2)c1.Cc1cc(Oc2cc(-c3ccccn3)ccc2C)cc(-c2ccccn2)c1.[Pd+2].[Pd]. The number of aryl methyl sites for hydroxylation is 4. The number of benzene rings is 4. The number of carboxylic acids is 2. The first-order valence-corrected chi connectivity index (χ1v) is 24.8. The second-order valence-electron chi connectivity index (χ2n) is 16.4. The molecule has 0 radical (unpaired) electrons. The average Bonchev–Trinajstić information content (AvgIpc) is 3.55. The van der Waals surface area contributed by atoms with Gasteiger partial charge in [-0.2, -0.15) is 0 Å². The number of pyridine rings is 4. The van der Waals surface area contributed by atoms with Crippen LogP contribution in [0.2, 0.25) is 0 Å². The van der Waals surface area contributed by atoms with E-state index in [0.29, 0.717) is 11.5 Å². The summed E-state index contributed by atoms with van der Waals surface area (Å²) in [5.74, 6) is 46.9. The predicted octanol–water partition coefficient (Wildman–Crippen LogP) is 13.3. The molecule has 0 atom stereocenters. The molecule has 0 aliphatic carbocycles. The average molecular weight is 1280 g/mol. The summed E-state index contributed by atoms with van der Waals surface area (Å²) in [6.07, 6.45) is 7.16. The van der Waals surface area contributed by atoms with Crippen LogP contribution >= 0.6 is 0 Å². The summed E-state index contributed by atoms with van der Waals surface area (Å²) in [5.41, 5.74) is 11.8. The zero-order valence-corrected chi connectivity index (χ0v) is 50.1. The van der Waals surface area contributed by atoms with Gasteiger partial charge < -0.3 is 29.7 Å². The van der Waals surface area contributed by atoms with Crippen LogP contribution in [0.25, 0.3) is 45.0 Å². The van der Waals surface area contributed by atoms with Crippen molar-refractivity contribution in [1.29, 1.82) is 0 Å². The summed E-state index contributed by atoms with van der Waals surface area (Å²) in [6, 6.07) is 50.5. The van der Waals surface area contributed by atoms with Gasteiger partial charge in [0.2, 0.25) is 0 Å². The maximum Gasteiger partial charge on any atom is 2.00 e. The Labute approximate surface area is 521 Å². The van der Waals surface area contributed by atoms with E-state index < -0.39 is 11.9 Å². The van der Waals surface area contributed by atoms with Gasteiger partial charge in [-0.3, -0.25) is 19.6 Å². The van der Waals surface area contributed by atoms with Crippen LogP contribution in [0.1, 0.15) is 49.9 Å². The molecule has 0 aliphatic heterocycles. The van der Waals surface area contributed by atoms with Crippen molar-refractivity contribution in [1.82, 2.24) is 19.9 Å². The Morgan fingerprint density at radius 3 is 1.27 bits per heavy atom. The maximum absolute atomic E-state index is 9.00. The fourth-order valence-electron chi connectivity index (χ4n) is 6.41. The summed E-state index contributed by atoms with van der Waals surface area (Å²) in [6.45, 7) is 13.7. The number of rotatable bonds is 8. The molecule has 8 aromatic rings. The molecule has 0 aliphatic rings. The van der Waals surface area contributed by atoms with Gasteiger partial charge in [0.15, 0.2) is 0 Å². The molecule has 10 nitrogen and oxygen atoms in total. The molecule has 4 heterocycles. The van der Waals surface area contributed by atoms with Crippen LogP contribution in [-0.4, -0.2) is 42.1 Å². The van der Waals surface area contributed by atoms with Crippen LogP contribution in [0.15, 0.2) is 158 Å². The van der Waals surface area contributed by atoms with Crippen LogP contribution in [0, 0.1) is 146 Å². The Morgan fingerprint density at radius 1 is 0.429 bits per heavy atom. The second-order valence-corrected chi connectivity index (χ2v) is 16.4. The Balaban J connectivity index is 0.000000404. The van der Waals surface area contributed by atoms with E-state index in [1.807, 2.05) is 130 Å². The summed E-state index contributed by atoms with van der Waals surface area (Å²) in [4.78, 5) is 35.7. The molecular formula is C72H52N4O6Pd2. The van der Waals surface area contributed by atoms with Gasteiger partial charge in [0.05, 0.1) is 11.4 Å². The maximum atomic E-state index is 9.00. The monoisotopic (exact) mass is 1280 g/mol. The minimum absolute atomic E-state index is 0. The third kappa shape index (κ3) is 28.0. The van der Waals surface area contributed by atoms with Crippen molar-refractivity contribution in [3.8, 4) is 175 Å². The van der Waals surface area contributed by atoms with Crippen molar-refractivity contribution in [3.63, 3.8) is 0 Å². The second kappa shape index (κ2) is 40.5. The molecular weight excluding hydrogens is 1230 g/mol. The minimum atomic E-state index is -0.833. The molecule has 84 heavy (non-hydrogen) atoms. The fraction of sp³-hybridized carbons (Fsp3) is 0.111. The quantitative estimate of drug-likeness (QED) is 0.0857. The van der Waals surface area contributed by atoms with Crippen molar-refractivity contribution in [2.24, 2.45) is 0 Å². The Morgan fingerprint density at radius 2 is 0.833 bits per heavy atom. The number of ether oxygens (including phenoxy) is 2. The molecule has 416 valence electrons. The van der Waals surface area contributed by atoms with Gasteiger partial charge in [0.25, 0.3) is 11.9 Å². The molecule has 8 rings (SSSR count). The number of carbonyl (C=O) groups is 2. The number of carboxylic acid groups (broad SMARTS) is 2. The number of nitrogens with zero attached hydrogens (tertiary/aromatic N) is 4. The summed E-state index contributed by atoms with van der Waals surface area (Å²) in [7, 11) is 0. The van der Waals surface area contributed by atoms with E-state index >= 15 is 0 Å². The molecule has 0 unspecified atom stereocenters. The van der Waals surface area contributed by atoms with Crippen LogP contribution < -0.4 is 9.47 Å². The molecule has 0 saturated carbocycles. The van der Waals surface area contributed by atoms with E-state index in [-0.39, 0.29) is 40.8 Å². The first-order chi connectivity index (χ1) is 39.8. The van der Waals surface area contributed by atoms with Crippen LogP contribution in [0.5, 0.6) is 23.0 Å². The standard InChI is InChI=1S/C24H20N2O.C24H18N2O.C20H6.2C2H4O2.2Pd/c2*1-17-13-20(23-8-4-6-12-26-23)15-21(14-17)27-24-16-19(10-9-18(24)2)22-7-3-5-11-25-22;1-3-5-7-9-11-13-15-17-19-20-18-16-14-12-10-8-6-4-2;2*1-2(3)4;;/h3-16H,1-2H3;3-14H,1-2H3;1-2H3;2*1H3,(H,3,4);;/q;-2;;;;;+2. The van der Waals surface area contributed by atoms with Gasteiger partial charge in [0.1, 0.15) is 11.5 Å². The normalized spacial score (nSPS) is 8.33. The van der Waals surface area contributed by atoms with Gasteiger partial charge >= 0.3 is 20.4 Å². The molecule has 0 saturated heterocycles. The van der Waals surface area contributed by atoms with E-state index in [2.05, 4.69) is 170 Å². The number of aliphatic carboxylic acids is 2. The van der Waals surface area contributed by atoms with Crippen molar-refractivity contribution in [2.45, 2.75) is 55.4 Å². The summed E-state index contributed by atoms with van der Waals surface area (Å²) in [5, 5.41) is 14.8. The molecule has 4 aromatic heterocycles. The van der Waals surface area contributed by atoms with E-state index in [4.69, 9.17) is 29.3 Å². The van der Waals surface area contributed by atoms with Crippen molar-refractivity contribution < 1.29 is 70.1 Å². The third-order valence-corrected chi connectivity index (χ3v) is 9.76. The number of aromatic nitrogens is 4. The summed E-state index contributed by atoms with van der Waals surface area (Å²) >= 11 is 0. The van der Waals surface area contributed by atoms with Crippen molar-refractivity contribution >= 4 is 11.9 Å². The molecule has 0 amide bonds. The van der Waals surface area contributed by atoms with E-state index in [1.54, 1.807) is 38.6 Å². The topological polar surface area (TPSA) is 145 Å². The minimum Gasteiger partial charge on any atom is -0.496 e. The zero-order chi connectivity index (χ0) is 59.2. The molecule has 0 bridgehead atoms. The molecule has 0 fully saturated rings. The predicted molar refractivity (Wildman–Crippen MR) is 323 cm³/mol. The van der Waals surface area contributed by atoms with E-state index in [0.717, 1.165) is 92.6 Å².